The fourth-order valence-corrected chi connectivity index (χ4v) is 3.74. The van der Waals surface area contributed by atoms with Crippen molar-refractivity contribution in [2.24, 2.45) is 12.2 Å². The van der Waals surface area contributed by atoms with Gasteiger partial charge < -0.3 is 9.94 Å². The zero-order valence-corrected chi connectivity index (χ0v) is 16.5. The molecular weight excluding hydrogens is 432 g/mol. The van der Waals surface area contributed by atoms with Gasteiger partial charge in [0.05, 0.1) is 17.0 Å². The van der Waals surface area contributed by atoms with Crippen LogP contribution in [0.4, 0.5) is 26.3 Å². The van der Waals surface area contributed by atoms with Gasteiger partial charge in [-0.2, -0.15) is 31.4 Å². The van der Waals surface area contributed by atoms with E-state index in [4.69, 9.17) is 4.84 Å². The monoisotopic (exact) mass is 449 g/mol. The Morgan fingerprint density at radius 1 is 1.16 bits per heavy atom. The highest BCUT2D eigenvalue weighted by molar-refractivity contribution is 5.92. The first-order chi connectivity index (χ1) is 14.2. The standard InChI is InChI=1S/C19H17F6N3O3/c1-9-4-11(5-10(2)15(9)16(29)30)6-12-8-17(31-27-12,19(23,24)25)14-7-13(18(20,21)22)26-28(14)3/h4-5,7H,6,8H2,1-3H3,(H,29,30). The zero-order valence-electron chi connectivity index (χ0n) is 16.5. The molecular formula is C19H17F6N3O3. The van der Waals surface area contributed by atoms with Crippen LogP contribution < -0.4 is 0 Å². The molecule has 1 N–H and O–H groups in total. The maximum Gasteiger partial charge on any atom is 0.437 e. The molecule has 0 amide bonds. The Morgan fingerprint density at radius 3 is 2.19 bits per heavy atom. The highest BCUT2D eigenvalue weighted by Gasteiger charge is 2.64. The summed E-state index contributed by atoms with van der Waals surface area (Å²) in [4.78, 5) is 16.0. The molecule has 1 aromatic heterocycles. The van der Waals surface area contributed by atoms with Crippen molar-refractivity contribution in [3.63, 3.8) is 0 Å². The summed E-state index contributed by atoms with van der Waals surface area (Å²) in [6.07, 6.45) is -10.9. The molecule has 0 aliphatic carbocycles. The van der Waals surface area contributed by atoms with Gasteiger partial charge in [-0.15, -0.1) is 0 Å². The molecule has 1 atom stereocenters. The van der Waals surface area contributed by atoms with Crippen molar-refractivity contribution in [3.8, 4) is 0 Å². The zero-order chi connectivity index (χ0) is 23.4. The third kappa shape index (κ3) is 3.98. The lowest BCUT2D eigenvalue weighted by atomic mass is 9.89. The molecule has 0 bridgehead atoms. The van der Waals surface area contributed by atoms with Gasteiger partial charge >= 0.3 is 18.3 Å². The van der Waals surface area contributed by atoms with E-state index in [0.29, 0.717) is 27.4 Å². The van der Waals surface area contributed by atoms with E-state index in [-0.39, 0.29) is 17.7 Å². The number of nitrogens with zero attached hydrogens (tertiary/aromatic N) is 3. The van der Waals surface area contributed by atoms with E-state index in [1.807, 2.05) is 0 Å². The average molecular weight is 449 g/mol. The van der Waals surface area contributed by atoms with Gasteiger partial charge in [-0.3, -0.25) is 4.68 Å². The average Bonchev–Trinajstić information content (AvgIpc) is 3.17. The number of aromatic nitrogens is 2. The Morgan fingerprint density at radius 2 is 1.74 bits per heavy atom. The number of aromatic carboxylic acids is 1. The molecule has 0 fully saturated rings. The van der Waals surface area contributed by atoms with Crippen LogP contribution in [0.2, 0.25) is 0 Å². The summed E-state index contributed by atoms with van der Waals surface area (Å²) in [5, 5.41) is 15.9. The third-order valence-electron chi connectivity index (χ3n) is 5.04. The Hall–Kier alpha value is -3.05. The summed E-state index contributed by atoms with van der Waals surface area (Å²) in [6, 6.07) is 3.33. The molecule has 0 saturated carbocycles. The predicted molar refractivity (Wildman–Crippen MR) is 95.7 cm³/mol. The van der Waals surface area contributed by atoms with E-state index in [0.717, 1.165) is 7.05 Å². The molecule has 0 radical (unpaired) electrons. The van der Waals surface area contributed by atoms with E-state index in [1.165, 1.54) is 12.1 Å². The number of aryl methyl sites for hydroxylation is 3. The van der Waals surface area contributed by atoms with Crippen LogP contribution >= 0.6 is 0 Å². The lowest BCUT2D eigenvalue weighted by Gasteiger charge is -2.28. The summed E-state index contributed by atoms with van der Waals surface area (Å²) in [6.45, 7) is 3.11. The van der Waals surface area contributed by atoms with Gasteiger partial charge in [0.2, 0.25) is 0 Å². The number of benzene rings is 1. The van der Waals surface area contributed by atoms with E-state index < -0.39 is 41.7 Å². The van der Waals surface area contributed by atoms with Crippen molar-refractivity contribution in [3.05, 3.63) is 51.8 Å². The second kappa shape index (κ2) is 7.27. The van der Waals surface area contributed by atoms with Gasteiger partial charge in [-0.25, -0.2) is 4.79 Å². The van der Waals surface area contributed by atoms with Gasteiger partial charge in [-0.1, -0.05) is 17.3 Å². The molecule has 31 heavy (non-hydrogen) atoms. The number of hydrogen-bond acceptors (Lipinski definition) is 4. The van der Waals surface area contributed by atoms with Gasteiger partial charge in [-0.05, 0) is 36.6 Å². The molecule has 1 aromatic carbocycles. The molecule has 168 valence electrons. The van der Waals surface area contributed by atoms with E-state index in [1.54, 1.807) is 13.8 Å². The van der Waals surface area contributed by atoms with E-state index in [2.05, 4.69) is 10.3 Å². The molecule has 6 nitrogen and oxygen atoms in total. The summed E-state index contributed by atoms with van der Waals surface area (Å²) >= 11 is 0. The third-order valence-corrected chi connectivity index (χ3v) is 5.04. The number of oxime groups is 1. The van der Waals surface area contributed by atoms with Crippen LogP contribution in [0, 0.1) is 13.8 Å². The number of halogens is 6. The number of rotatable bonds is 4. The topological polar surface area (TPSA) is 76.7 Å². The van der Waals surface area contributed by atoms with Gasteiger partial charge in [0.25, 0.3) is 5.60 Å². The van der Waals surface area contributed by atoms with Crippen LogP contribution in [0.15, 0.2) is 23.4 Å². The Kier molecular flexibility index (Phi) is 5.31. The lowest BCUT2D eigenvalue weighted by Crippen LogP contribution is -2.44. The summed E-state index contributed by atoms with van der Waals surface area (Å²) in [5.41, 5.74) is -4.02. The van der Waals surface area contributed by atoms with Gasteiger partial charge in [0, 0.05) is 19.9 Å². The van der Waals surface area contributed by atoms with E-state index >= 15 is 0 Å². The Balaban J connectivity index is 1.94. The maximum absolute atomic E-state index is 14.0. The van der Waals surface area contributed by atoms with Crippen LogP contribution in [0.5, 0.6) is 0 Å². The minimum atomic E-state index is -5.08. The van der Waals surface area contributed by atoms with Crippen molar-refractivity contribution in [1.82, 2.24) is 9.78 Å². The smallest absolute Gasteiger partial charge is 0.437 e. The predicted octanol–water partition coefficient (Wildman–Crippen LogP) is 4.53. The van der Waals surface area contributed by atoms with E-state index in [9.17, 15) is 36.2 Å². The molecule has 12 heteroatoms. The molecule has 1 aliphatic rings. The van der Waals surface area contributed by atoms with Crippen molar-refractivity contribution in [2.45, 2.75) is 44.6 Å². The molecule has 1 aliphatic heterocycles. The summed E-state index contributed by atoms with van der Waals surface area (Å²) < 4.78 is 81.3. The van der Waals surface area contributed by atoms with Crippen molar-refractivity contribution in [2.75, 3.05) is 0 Å². The van der Waals surface area contributed by atoms with Crippen LogP contribution in [0.1, 0.15) is 44.9 Å². The van der Waals surface area contributed by atoms with Crippen molar-refractivity contribution >= 4 is 11.7 Å². The molecule has 2 aromatic rings. The minimum Gasteiger partial charge on any atom is -0.478 e. The second-order valence-corrected chi connectivity index (χ2v) is 7.37. The SMILES string of the molecule is Cc1cc(CC2=NOC(c3cc(C(F)(F)F)nn3C)(C(F)(F)F)C2)cc(C)c1C(=O)O. The van der Waals surface area contributed by atoms with Crippen LogP contribution in [0.3, 0.4) is 0 Å². The first-order valence-corrected chi connectivity index (χ1v) is 8.91. The first-order valence-electron chi connectivity index (χ1n) is 8.91. The second-order valence-electron chi connectivity index (χ2n) is 7.37. The highest BCUT2D eigenvalue weighted by atomic mass is 19.4. The van der Waals surface area contributed by atoms with Crippen LogP contribution in [-0.4, -0.2) is 32.7 Å². The van der Waals surface area contributed by atoms with Crippen LogP contribution in [0.25, 0.3) is 0 Å². The maximum atomic E-state index is 14.0. The number of hydrogen-bond donors (Lipinski definition) is 1. The molecule has 1 unspecified atom stereocenters. The fourth-order valence-electron chi connectivity index (χ4n) is 3.74. The Labute approximate surface area is 172 Å². The highest BCUT2D eigenvalue weighted by Crippen LogP contribution is 2.49. The van der Waals surface area contributed by atoms with Crippen molar-refractivity contribution < 1.29 is 41.1 Å². The fraction of sp³-hybridized carbons (Fsp3) is 0.421. The number of alkyl halides is 6. The van der Waals surface area contributed by atoms with Crippen LogP contribution in [-0.2, 0) is 30.1 Å². The minimum absolute atomic E-state index is 0.0473. The number of carboxylic acid groups (broad SMARTS) is 1. The molecule has 0 saturated heterocycles. The summed E-state index contributed by atoms with van der Waals surface area (Å²) in [5.74, 6) is -1.13. The van der Waals surface area contributed by atoms with Gasteiger partial charge in [0.15, 0.2) is 5.69 Å². The van der Waals surface area contributed by atoms with Gasteiger partial charge in [0.1, 0.15) is 0 Å². The molecule has 2 heterocycles. The molecule has 3 rings (SSSR count). The van der Waals surface area contributed by atoms with Crippen molar-refractivity contribution in [1.29, 1.82) is 0 Å². The Bertz CT molecular complexity index is 1050. The normalized spacial score (nSPS) is 19.3. The number of carboxylic acids is 1. The number of carbonyl (C=O) groups is 1. The first kappa shape index (κ1) is 22.6. The molecule has 0 spiro atoms. The largest absolute Gasteiger partial charge is 0.478 e. The lowest BCUT2D eigenvalue weighted by molar-refractivity contribution is -0.278. The quantitative estimate of drug-likeness (QED) is 0.696. The summed E-state index contributed by atoms with van der Waals surface area (Å²) in [7, 11) is 0.969.